The molecule has 4 N–H and O–H groups in total. The second-order valence-corrected chi connectivity index (χ2v) is 7.77. The second kappa shape index (κ2) is 11.1. The number of carbonyl (C=O) groups is 3. The lowest BCUT2D eigenvalue weighted by Gasteiger charge is -2.22. The van der Waals surface area contributed by atoms with Crippen molar-refractivity contribution >= 4 is 29.2 Å². The van der Waals surface area contributed by atoms with E-state index in [0.717, 1.165) is 25.7 Å². The van der Waals surface area contributed by atoms with Crippen LogP contribution in [0.5, 0.6) is 0 Å². The van der Waals surface area contributed by atoms with Gasteiger partial charge in [-0.1, -0.05) is 25.3 Å². The first-order valence-electron chi connectivity index (χ1n) is 10.8. The van der Waals surface area contributed by atoms with Crippen LogP contribution in [-0.2, 0) is 9.59 Å². The molecule has 3 rings (SSSR count). The van der Waals surface area contributed by atoms with E-state index in [1.54, 1.807) is 54.3 Å². The van der Waals surface area contributed by atoms with Gasteiger partial charge in [-0.3, -0.25) is 14.3 Å². The third kappa shape index (κ3) is 7.13. The van der Waals surface area contributed by atoms with Crippen LogP contribution in [0.15, 0.2) is 42.7 Å². The highest BCUT2D eigenvalue weighted by molar-refractivity contribution is 5.95. The van der Waals surface area contributed by atoms with Crippen LogP contribution in [0.2, 0.25) is 0 Å². The Bertz CT molecular complexity index is 877. The van der Waals surface area contributed by atoms with Gasteiger partial charge in [0.1, 0.15) is 6.04 Å². The zero-order valence-electron chi connectivity index (χ0n) is 17.8. The molecule has 0 aliphatic heterocycles. The summed E-state index contributed by atoms with van der Waals surface area (Å²) in [5.41, 5.74) is 1.15. The molecule has 4 amide bonds. The van der Waals surface area contributed by atoms with Crippen molar-refractivity contribution < 1.29 is 14.4 Å². The zero-order valence-corrected chi connectivity index (χ0v) is 17.8. The molecular weight excluding hydrogens is 396 g/mol. The molecule has 1 unspecified atom stereocenters. The molecule has 9 nitrogen and oxygen atoms in total. The van der Waals surface area contributed by atoms with E-state index < -0.39 is 6.04 Å². The minimum absolute atomic E-state index is 0.158. The van der Waals surface area contributed by atoms with Crippen molar-refractivity contribution in [2.45, 2.75) is 57.5 Å². The predicted molar refractivity (Wildman–Crippen MR) is 119 cm³/mol. The third-order valence-corrected chi connectivity index (χ3v) is 5.29. The first kappa shape index (κ1) is 22.3. The van der Waals surface area contributed by atoms with Crippen LogP contribution in [0.1, 0.15) is 51.5 Å². The van der Waals surface area contributed by atoms with Gasteiger partial charge in [-0.25, -0.2) is 4.79 Å². The molecule has 1 aliphatic carbocycles. The Hall–Kier alpha value is -3.36. The number of nitrogens with one attached hydrogen (secondary N) is 4. The van der Waals surface area contributed by atoms with E-state index in [9.17, 15) is 14.4 Å². The number of rotatable bonds is 8. The number of amides is 4. The summed E-state index contributed by atoms with van der Waals surface area (Å²) < 4.78 is 1.57. The molecule has 1 heterocycles. The number of anilines is 2. The van der Waals surface area contributed by atoms with Crippen molar-refractivity contribution in [1.82, 2.24) is 20.4 Å². The summed E-state index contributed by atoms with van der Waals surface area (Å²) in [4.78, 5) is 36.5. The number of urea groups is 1. The van der Waals surface area contributed by atoms with Gasteiger partial charge in [0, 0.05) is 42.8 Å². The highest BCUT2D eigenvalue weighted by atomic mass is 16.2. The van der Waals surface area contributed by atoms with Crippen molar-refractivity contribution in [1.29, 1.82) is 0 Å². The van der Waals surface area contributed by atoms with E-state index in [1.807, 2.05) is 0 Å². The monoisotopic (exact) mass is 426 g/mol. The maximum Gasteiger partial charge on any atom is 0.315 e. The van der Waals surface area contributed by atoms with E-state index in [0.29, 0.717) is 11.4 Å². The molecule has 31 heavy (non-hydrogen) atoms. The fraction of sp³-hybridized carbons (Fsp3) is 0.455. The molecule has 0 bridgehead atoms. The van der Waals surface area contributed by atoms with Crippen LogP contribution in [0.4, 0.5) is 16.2 Å². The Morgan fingerprint density at radius 2 is 1.84 bits per heavy atom. The molecule has 1 aliphatic rings. The molecule has 166 valence electrons. The molecule has 0 radical (unpaired) electrons. The smallest absolute Gasteiger partial charge is 0.315 e. The lowest BCUT2D eigenvalue weighted by molar-refractivity contribution is -0.119. The largest absolute Gasteiger partial charge is 0.338 e. The van der Waals surface area contributed by atoms with Gasteiger partial charge >= 0.3 is 6.03 Å². The Morgan fingerprint density at radius 1 is 1.10 bits per heavy atom. The Labute approximate surface area is 182 Å². The molecule has 0 saturated heterocycles. The molecule has 1 fully saturated rings. The van der Waals surface area contributed by atoms with Crippen LogP contribution in [0, 0.1) is 0 Å². The standard InChI is InChI=1S/C22H30N6O3/c1-16(28-14-6-12-24-28)21(30)26-19-10-5-9-18(15-19)25-20(29)11-13-23-22(31)27-17-7-3-2-4-8-17/h5-6,9-10,12,14-17H,2-4,7-8,11,13H2,1H3,(H,25,29)(H,26,30)(H2,23,27,31). The molecule has 0 spiro atoms. The maximum absolute atomic E-state index is 12.4. The quantitative estimate of drug-likeness (QED) is 0.519. The van der Waals surface area contributed by atoms with Crippen LogP contribution in [0.25, 0.3) is 0 Å². The maximum atomic E-state index is 12.4. The van der Waals surface area contributed by atoms with Crippen LogP contribution < -0.4 is 21.3 Å². The molecule has 2 aromatic rings. The summed E-state index contributed by atoms with van der Waals surface area (Å²) in [5.74, 6) is -0.424. The predicted octanol–water partition coefficient (Wildman–Crippen LogP) is 3.04. The SMILES string of the molecule is CC(C(=O)Nc1cccc(NC(=O)CCNC(=O)NC2CCCCC2)c1)n1cccn1. The minimum Gasteiger partial charge on any atom is -0.338 e. The van der Waals surface area contributed by atoms with Gasteiger partial charge in [-0.2, -0.15) is 5.10 Å². The summed E-state index contributed by atoms with van der Waals surface area (Å²) in [5, 5.41) is 15.4. The topological polar surface area (TPSA) is 117 Å². The number of aromatic nitrogens is 2. The van der Waals surface area contributed by atoms with E-state index in [2.05, 4.69) is 26.4 Å². The van der Waals surface area contributed by atoms with Crippen molar-refractivity contribution in [2.24, 2.45) is 0 Å². The molecular formula is C22H30N6O3. The van der Waals surface area contributed by atoms with Crippen molar-refractivity contribution in [3.8, 4) is 0 Å². The fourth-order valence-electron chi connectivity index (χ4n) is 3.55. The van der Waals surface area contributed by atoms with Gasteiger partial charge in [-0.05, 0) is 44.0 Å². The molecule has 1 saturated carbocycles. The molecule has 9 heteroatoms. The van der Waals surface area contributed by atoms with Crippen molar-refractivity contribution in [3.63, 3.8) is 0 Å². The van der Waals surface area contributed by atoms with Gasteiger partial charge in [-0.15, -0.1) is 0 Å². The lowest BCUT2D eigenvalue weighted by Crippen LogP contribution is -2.43. The Morgan fingerprint density at radius 3 is 2.55 bits per heavy atom. The van der Waals surface area contributed by atoms with E-state index in [4.69, 9.17) is 0 Å². The fourth-order valence-corrected chi connectivity index (χ4v) is 3.55. The molecule has 1 aromatic carbocycles. The van der Waals surface area contributed by atoms with Crippen molar-refractivity contribution in [3.05, 3.63) is 42.7 Å². The van der Waals surface area contributed by atoms with Crippen LogP contribution in [-0.4, -0.2) is 40.2 Å². The summed E-state index contributed by atoms with van der Waals surface area (Å²) >= 11 is 0. The van der Waals surface area contributed by atoms with Crippen molar-refractivity contribution in [2.75, 3.05) is 17.2 Å². The number of hydrogen-bond acceptors (Lipinski definition) is 4. The second-order valence-electron chi connectivity index (χ2n) is 7.77. The minimum atomic E-state index is -0.459. The first-order valence-corrected chi connectivity index (χ1v) is 10.8. The summed E-state index contributed by atoms with van der Waals surface area (Å²) in [6.07, 6.45) is 9.06. The summed E-state index contributed by atoms with van der Waals surface area (Å²) in [7, 11) is 0. The highest BCUT2D eigenvalue weighted by Gasteiger charge is 2.16. The normalized spacial score (nSPS) is 15.0. The first-order chi connectivity index (χ1) is 15.0. The zero-order chi connectivity index (χ0) is 22.1. The van der Waals surface area contributed by atoms with E-state index in [1.165, 1.54) is 6.42 Å². The highest BCUT2D eigenvalue weighted by Crippen LogP contribution is 2.18. The lowest BCUT2D eigenvalue weighted by atomic mass is 9.96. The van der Waals surface area contributed by atoms with E-state index >= 15 is 0 Å². The van der Waals surface area contributed by atoms with Crippen LogP contribution >= 0.6 is 0 Å². The number of carbonyl (C=O) groups excluding carboxylic acids is 3. The Kier molecular flexibility index (Phi) is 8.03. The average Bonchev–Trinajstić information content (AvgIpc) is 3.29. The number of hydrogen-bond donors (Lipinski definition) is 4. The van der Waals surface area contributed by atoms with E-state index in [-0.39, 0.29) is 36.9 Å². The van der Waals surface area contributed by atoms with Gasteiger partial charge in [0.05, 0.1) is 0 Å². The van der Waals surface area contributed by atoms with Gasteiger partial charge in [0.2, 0.25) is 11.8 Å². The summed E-state index contributed by atoms with van der Waals surface area (Å²) in [6.45, 7) is 2.01. The van der Waals surface area contributed by atoms with Gasteiger partial charge in [0.15, 0.2) is 0 Å². The molecule has 1 aromatic heterocycles. The number of benzene rings is 1. The Balaban J connectivity index is 1.40. The summed E-state index contributed by atoms with van der Waals surface area (Å²) in [6, 6.07) is 8.24. The van der Waals surface area contributed by atoms with Gasteiger partial charge < -0.3 is 21.3 Å². The number of nitrogens with zero attached hydrogens (tertiary/aromatic N) is 2. The van der Waals surface area contributed by atoms with Gasteiger partial charge in [0.25, 0.3) is 0 Å². The third-order valence-electron chi connectivity index (χ3n) is 5.29. The average molecular weight is 427 g/mol. The molecule has 1 atom stereocenters. The van der Waals surface area contributed by atoms with Crippen LogP contribution in [0.3, 0.4) is 0 Å².